The van der Waals surface area contributed by atoms with Crippen LogP contribution < -0.4 is 5.32 Å². The summed E-state index contributed by atoms with van der Waals surface area (Å²) in [6.45, 7) is 3.76. The summed E-state index contributed by atoms with van der Waals surface area (Å²) >= 11 is 0. The number of nitrogens with zero attached hydrogens (tertiary/aromatic N) is 2. The molecule has 4 rings (SSSR count). The van der Waals surface area contributed by atoms with Crippen LogP contribution in [0.15, 0.2) is 54.6 Å². The zero-order valence-corrected chi connectivity index (χ0v) is 15.0. The lowest BCUT2D eigenvalue weighted by Gasteiger charge is -2.25. The van der Waals surface area contributed by atoms with E-state index >= 15 is 0 Å². The zero-order chi connectivity index (χ0) is 17.9. The minimum atomic E-state index is -0.144. The Balaban J connectivity index is 1.43. The van der Waals surface area contributed by atoms with Crippen molar-refractivity contribution in [2.24, 2.45) is 0 Å². The van der Waals surface area contributed by atoms with Crippen LogP contribution in [0.3, 0.4) is 0 Å². The van der Waals surface area contributed by atoms with Crippen LogP contribution in [0, 0.1) is 0 Å². The molecule has 26 heavy (non-hydrogen) atoms. The molecule has 0 radical (unpaired) electrons. The van der Waals surface area contributed by atoms with Gasteiger partial charge in [-0.25, -0.2) is 4.98 Å². The van der Waals surface area contributed by atoms with Gasteiger partial charge in [0.05, 0.1) is 23.1 Å². The number of rotatable bonds is 5. The van der Waals surface area contributed by atoms with E-state index in [4.69, 9.17) is 0 Å². The molecule has 134 valence electrons. The Morgan fingerprint density at radius 3 is 2.81 bits per heavy atom. The van der Waals surface area contributed by atoms with Crippen LogP contribution in [0.25, 0.3) is 11.0 Å². The first-order valence-electron chi connectivity index (χ1n) is 9.24. The molecule has 1 amide bonds. The molecule has 0 bridgehead atoms. The van der Waals surface area contributed by atoms with Gasteiger partial charge in [-0.05, 0) is 44.0 Å². The molecule has 0 aliphatic carbocycles. The molecule has 0 spiro atoms. The van der Waals surface area contributed by atoms with Crippen molar-refractivity contribution in [3.05, 3.63) is 66.0 Å². The number of hydrogen-bond donors (Lipinski definition) is 2. The highest BCUT2D eigenvalue weighted by Crippen LogP contribution is 2.22. The van der Waals surface area contributed by atoms with Gasteiger partial charge in [0, 0.05) is 6.54 Å². The maximum absolute atomic E-state index is 12.9. The minimum Gasteiger partial charge on any atom is -0.345 e. The minimum absolute atomic E-state index is 0.0676. The van der Waals surface area contributed by atoms with E-state index < -0.39 is 0 Å². The number of aromatic amines is 1. The summed E-state index contributed by atoms with van der Waals surface area (Å²) in [5.41, 5.74) is 3.17. The number of imidazole rings is 1. The van der Waals surface area contributed by atoms with Crippen molar-refractivity contribution in [1.29, 1.82) is 0 Å². The molecular weight excluding hydrogens is 324 g/mol. The van der Waals surface area contributed by atoms with Gasteiger partial charge in [-0.15, -0.1) is 0 Å². The second kappa shape index (κ2) is 7.30. The topological polar surface area (TPSA) is 61.0 Å². The van der Waals surface area contributed by atoms with Crippen molar-refractivity contribution in [2.75, 3.05) is 6.54 Å². The lowest BCUT2D eigenvalue weighted by molar-refractivity contribution is -0.126. The molecule has 3 aromatic rings. The summed E-state index contributed by atoms with van der Waals surface area (Å²) < 4.78 is 0. The van der Waals surface area contributed by atoms with Crippen molar-refractivity contribution in [3.63, 3.8) is 0 Å². The molecular formula is C21H24N4O. The van der Waals surface area contributed by atoms with Gasteiger partial charge in [0.25, 0.3) is 0 Å². The summed E-state index contributed by atoms with van der Waals surface area (Å²) in [7, 11) is 0. The average Bonchev–Trinajstić information content (AvgIpc) is 3.29. The first-order chi connectivity index (χ1) is 12.7. The number of likely N-dealkylation sites (tertiary alicyclic amines) is 1. The number of para-hydroxylation sites is 2. The van der Waals surface area contributed by atoms with E-state index in [-0.39, 0.29) is 18.0 Å². The molecule has 1 fully saturated rings. The maximum atomic E-state index is 12.9. The van der Waals surface area contributed by atoms with Crippen LogP contribution in [0.4, 0.5) is 0 Å². The van der Waals surface area contributed by atoms with Gasteiger partial charge in [-0.3, -0.25) is 9.69 Å². The Kier molecular flexibility index (Phi) is 4.71. The Labute approximate surface area is 153 Å². The largest absolute Gasteiger partial charge is 0.345 e. The fraction of sp³-hybridized carbons (Fsp3) is 0.333. The van der Waals surface area contributed by atoms with Gasteiger partial charge in [0.2, 0.25) is 5.91 Å². The van der Waals surface area contributed by atoms with Crippen LogP contribution >= 0.6 is 0 Å². The Morgan fingerprint density at radius 2 is 2.00 bits per heavy atom. The number of hydrogen-bond acceptors (Lipinski definition) is 3. The third kappa shape index (κ3) is 3.48. The first-order valence-corrected chi connectivity index (χ1v) is 9.24. The third-order valence-electron chi connectivity index (χ3n) is 5.07. The van der Waals surface area contributed by atoms with Crippen molar-refractivity contribution in [3.8, 4) is 0 Å². The smallest absolute Gasteiger partial charge is 0.237 e. The number of H-pyrrole nitrogens is 1. The van der Waals surface area contributed by atoms with E-state index in [9.17, 15) is 4.79 Å². The highest BCUT2D eigenvalue weighted by molar-refractivity contribution is 5.82. The lowest BCUT2D eigenvalue weighted by atomic mass is 10.1. The molecule has 1 aliphatic heterocycles. The predicted octanol–water partition coefficient (Wildman–Crippen LogP) is 3.40. The quantitative estimate of drug-likeness (QED) is 0.743. The van der Waals surface area contributed by atoms with Crippen molar-refractivity contribution in [2.45, 2.75) is 38.4 Å². The Hall–Kier alpha value is -2.66. The van der Waals surface area contributed by atoms with E-state index in [0.717, 1.165) is 42.8 Å². The monoisotopic (exact) mass is 348 g/mol. The summed E-state index contributed by atoms with van der Waals surface area (Å²) in [5, 5.41) is 3.14. The van der Waals surface area contributed by atoms with E-state index in [1.807, 2.05) is 49.4 Å². The molecule has 2 heterocycles. The summed E-state index contributed by atoms with van der Waals surface area (Å²) in [5.74, 6) is 0.888. The van der Waals surface area contributed by atoms with E-state index in [2.05, 4.69) is 32.3 Å². The number of benzene rings is 2. The number of carbonyl (C=O) groups is 1. The van der Waals surface area contributed by atoms with Crippen LogP contribution in [-0.2, 0) is 11.3 Å². The van der Waals surface area contributed by atoms with Gasteiger partial charge in [0.15, 0.2) is 0 Å². The van der Waals surface area contributed by atoms with Crippen LogP contribution in [-0.4, -0.2) is 33.4 Å². The van der Waals surface area contributed by atoms with Crippen LogP contribution in [0.2, 0.25) is 0 Å². The van der Waals surface area contributed by atoms with Crippen molar-refractivity contribution >= 4 is 16.9 Å². The summed E-state index contributed by atoms with van der Waals surface area (Å²) in [4.78, 5) is 23.0. The summed E-state index contributed by atoms with van der Waals surface area (Å²) in [6, 6.07) is 18.1. The summed E-state index contributed by atoms with van der Waals surface area (Å²) in [6.07, 6.45) is 1.97. The Morgan fingerprint density at radius 1 is 1.23 bits per heavy atom. The SMILES string of the molecule is CC(NC(=O)C1CCCN1Cc1ccccc1)c1nc2ccccc2[nH]1. The van der Waals surface area contributed by atoms with Gasteiger partial charge in [-0.1, -0.05) is 42.5 Å². The number of fused-ring (bicyclic) bond motifs is 1. The normalized spacial score (nSPS) is 18.9. The molecule has 1 saturated heterocycles. The highest BCUT2D eigenvalue weighted by Gasteiger charge is 2.31. The van der Waals surface area contributed by atoms with E-state index in [1.165, 1.54) is 5.56 Å². The third-order valence-corrected chi connectivity index (χ3v) is 5.07. The molecule has 2 atom stereocenters. The highest BCUT2D eigenvalue weighted by atomic mass is 16.2. The number of amides is 1. The molecule has 2 N–H and O–H groups in total. The van der Waals surface area contributed by atoms with E-state index in [1.54, 1.807) is 0 Å². The fourth-order valence-electron chi connectivity index (χ4n) is 3.69. The van der Waals surface area contributed by atoms with E-state index in [0.29, 0.717) is 0 Å². The van der Waals surface area contributed by atoms with Crippen molar-refractivity contribution < 1.29 is 4.79 Å². The average molecular weight is 348 g/mol. The molecule has 5 nitrogen and oxygen atoms in total. The maximum Gasteiger partial charge on any atom is 0.237 e. The molecule has 2 aromatic carbocycles. The second-order valence-corrected chi connectivity index (χ2v) is 6.98. The van der Waals surface area contributed by atoms with Gasteiger partial charge in [0.1, 0.15) is 5.82 Å². The number of nitrogens with one attached hydrogen (secondary N) is 2. The molecule has 1 aromatic heterocycles. The van der Waals surface area contributed by atoms with Gasteiger partial charge < -0.3 is 10.3 Å². The molecule has 2 unspecified atom stereocenters. The Bertz CT molecular complexity index is 856. The number of carbonyl (C=O) groups excluding carboxylic acids is 1. The van der Waals surface area contributed by atoms with Gasteiger partial charge >= 0.3 is 0 Å². The first kappa shape index (κ1) is 16.8. The molecule has 1 aliphatic rings. The molecule has 0 saturated carbocycles. The lowest BCUT2D eigenvalue weighted by Crippen LogP contribution is -2.43. The fourth-order valence-corrected chi connectivity index (χ4v) is 3.69. The van der Waals surface area contributed by atoms with Crippen molar-refractivity contribution in [1.82, 2.24) is 20.2 Å². The van der Waals surface area contributed by atoms with Crippen LogP contribution in [0.1, 0.15) is 37.2 Å². The standard InChI is InChI=1S/C21H24N4O/c1-15(20-23-17-10-5-6-11-18(17)24-20)22-21(26)19-12-7-13-25(19)14-16-8-3-2-4-9-16/h2-6,8-11,15,19H,7,12-14H2,1H3,(H,22,26)(H,23,24). The second-order valence-electron chi connectivity index (χ2n) is 6.98. The molecule has 5 heteroatoms. The van der Waals surface area contributed by atoms with Gasteiger partial charge in [-0.2, -0.15) is 0 Å². The zero-order valence-electron chi connectivity index (χ0n) is 15.0. The predicted molar refractivity (Wildman–Crippen MR) is 103 cm³/mol. The van der Waals surface area contributed by atoms with Crippen LogP contribution in [0.5, 0.6) is 0 Å². The number of aromatic nitrogens is 2.